The van der Waals surface area contributed by atoms with E-state index in [4.69, 9.17) is 15.5 Å². The molecule has 1 aliphatic heterocycles. The first kappa shape index (κ1) is 19.2. The highest BCUT2D eigenvalue weighted by Gasteiger charge is 2.35. The Morgan fingerprint density at radius 1 is 1.19 bits per heavy atom. The van der Waals surface area contributed by atoms with E-state index in [0.717, 1.165) is 41.6 Å². The van der Waals surface area contributed by atoms with Crippen molar-refractivity contribution in [1.82, 2.24) is 19.5 Å². The molecule has 1 aliphatic carbocycles. The van der Waals surface area contributed by atoms with Crippen LogP contribution in [-0.4, -0.2) is 32.0 Å². The monoisotopic (exact) mass is 431 g/mol. The van der Waals surface area contributed by atoms with E-state index in [1.165, 1.54) is 12.3 Å². The molecule has 0 saturated heterocycles. The predicted molar refractivity (Wildman–Crippen MR) is 117 cm³/mol. The zero-order chi connectivity index (χ0) is 21.8. The maximum absolute atomic E-state index is 14.8. The first-order chi connectivity index (χ1) is 15.6. The molecule has 2 N–H and O–H groups in total. The van der Waals surface area contributed by atoms with Crippen LogP contribution >= 0.6 is 0 Å². The average molecular weight is 431 g/mol. The summed E-state index contributed by atoms with van der Waals surface area (Å²) in [5.41, 5.74) is 9.70. The van der Waals surface area contributed by atoms with E-state index in [0.29, 0.717) is 42.4 Å². The van der Waals surface area contributed by atoms with E-state index in [9.17, 15) is 9.18 Å². The summed E-state index contributed by atoms with van der Waals surface area (Å²) in [6, 6.07) is 7.28. The summed E-state index contributed by atoms with van der Waals surface area (Å²) in [5, 5.41) is 0. The fourth-order valence-electron chi connectivity index (χ4n) is 4.77. The van der Waals surface area contributed by atoms with E-state index >= 15 is 0 Å². The number of halogens is 1. The third-order valence-electron chi connectivity index (χ3n) is 6.45. The van der Waals surface area contributed by atoms with Crippen LogP contribution in [0.1, 0.15) is 24.8 Å². The van der Waals surface area contributed by atoms with Gasteiger partial charge < -0.3 is 15.0 Å². The van der Waals surface area contributed by atoms with Gasteiger partial charge in [0.2, 0.25) is 5.91 Å². The lowest BCUT2D eigenvalue weighted by molar-refractivity contribution is -0.122. The van der Waals surface area contributed by atoms with E-state index < -0.39 is 5.82 Å². The van der Waals surface area contributed by atoms with Crippen molar-refractivity contribution in [2.45, 2.75) is 32.2 Å². The van der Waals surface area contributed by atoms with Crippen LogP contribution in [0.3, 0.4) is 0 Å². The summed E-state index contributed by atoms with van der Waals surface area (Å²) < 4.78 is 22.9. The summed E-state index contributed by atoms with van der Waals surface area (Å²) in [4.78, 5) is 25.2. The fourth-order valence-corrected chi connectivity index (χ4v) is 4.77. The number of nitrogens with two attached hydrogens (primary N) is 1. The molecule has 1 saturated carbocycles. The topological polar surface area (TPSA) is 95.9 Å². The average Bonchev–Trinajstić information content (AvgIpc) is 3.58. The lowest BCUT2D eigenvalue weighted by atomic mass is 9.94. The second-order valence-electron chi connectivity index (χ2n) is 8.68. The third-order valence-corrected chi connectivity index (χ3v) is 6.45. The summed E-state index contributed by atoms with van der Waals surface area (Å²) in [6.07, 6.45) is 6.52. The third kappa shape index (κ3) is 3.18. The van der Waals surface area contributed by atoms with Gasteiger partial charge in [-0.15, -0.1) is 0 Å². The highest BCUT2D eigenvalue weighted by molar-refractivity contribution is 5.89. The number of fused-ring (bicyclic) bond motifs is 1. The van der Waals surface area contributed by atoms with Crippen molar-refractivity contribution in [1.29, 1.82) is 0 Å². The Morgan fingerprint density at radius 3 is 2.84 bits per heavy atom. The van der Waals surface area contributed by atoms with Crippen molar-refractivity contribution in [3.8, 4) is 17.1 Å². The molecular formula is C24H22FN5O2. The summed E-state index contributed by atoms with van der Waals surface area (Å²) in [5.74, 6) is 0.944. The van der Waals surface area contributed by atoms with E-state index in [1.54, 1.807) is 6.20 Å². The molecule has 2 aliphatic rings. The molecule has 7 nitrogen and oxygen atoms in total. The standard InChI is InChI=1S/C24H22FN5O2/c25-17-11-15(12-18-21(17)28-5-4-27-18)24-29-19-9-13(8-16(23(26)31)14-2-3-14)10-20-22(19)30(24)6-1-7-32-20/h4-5,9-12,14,16H,1-3,6-8H2,(H2,26,31)/t16-/m0/s1. The van der Waals surface area contributed by atoms with Crippen LogP contribution in [0.4, 0.5) is 4.39 Å². The molecule has 32 heavy (non-hydrogen) atoms. The van der Waals surface area contributed by atoms with Gasteiger partial charge in [-0.05, 0) is 61.4 Å². The van der Waals surface area contributed by atoms with Gasteiger partial charge in [0.25, 0.3) is 0 Å². The van der Waals surface area contributed by atoms with E-state index in [-0.39, 0.29) is 17.3 Å². The minimum absolute atomic E-state index is 0.167. The number of rotatable bonds is 5. The summed E-state index contributed by atoms with van der Waals surface area (Å²) in [7, 11) is 0. The second kappa shape index (κ2) is 7.25. The van der Waals surface area contributed by atoms with Crippen molar-refractivity contribution in [3.05, 3.63) is 48.0 Å². The van der Waals surface area contributed by atoms with Gasteiger partial charge in [-0.3, -0.25) is 9.78 Å². The minimum atomic E-state index is -0.426. The SMILES string of the molecule is NC(=O)[C@@H](Cc1cc2c3c(c1)nc(-c1cc(F)c4nccnc4c1)n3CCCO2)C1CC1. The Morgan fingerprint density at radius 2 is 2.03 bits per heavy atom. The molecule has 6 rings (SSSR count). The molecule has 0 radical (unpaired) electrons. The highest BCUT2D eigenvalue weighted by Crippen LogP contribution is 2.40. The molecule has 2 aromatic carbocycles. The number of hydrogen-bond donors (Lipinski definition) is 1. The quantitative estimate of drug-likeness (QED) is 0.521. The number of carbonyl (C=O) groups is 1. The maximum atomic E-state index is 14.8. The van der Waals surface area contributed by atoms with Gasteiger partial charge in [0.15, 0.2) is 5.82 Å². The molecule has 4 aromatic rings. The van der Waals surface area contributed by atoms with Gasteiger partial charge in [0, 0.05) is 30.4 Å². The van der Waals surface area contributed by atoms with Crippen molar-refractivity contribution < 1.29 is 13.9 Å². The second-order valence-corrected chi connectivity index (χ2v) is 8.68. The van der Waals surface area contributed by atoms with E-state index in [2.05, 4.69) is 14.5 Å². The van der Waals surface area contributed by atoms with Crippen molar-refractivity contribution in [2.75, 3.05) is 6.61 Å². The number of nitrogens with zero attached hydrogens (tertiary/aromatic N) is 4. The molecule has 1 amide bonds. The molecule has 0 unspecified atom stereocenters. The Kier molecular flexibility index (Phi) is 4.34. The lowest BCUT2D eigenvalue weighted by Crippen LogP contribution is -2.26. The Labute approximate surface area is 183 Å². The Hall–Kier alpha value is -3.55. The molecular weight excluding hydrogens is 409 g/mol. The Balaban J connectivity index is 1.50. The minimum Gasteiger partial charge on any atom is -0.491 e. The number of amides is 1. The molecule has 0 spiro atoms. The number of aryl methyl sites for hydroxylation is 1. The number of hydrogen-bond acceptors (Lipinski definition) is 5. The van der Waals surface area contributed by atoms with Gasteiger partial charge in [-0.1, -0.05) is 0 Å². The molecule has 162 valence electrons. The van der Waals surface area contributed by atoms with Crippen molar-refractivity contribution in [3.63, 3.8) is 0 Å². The number of aromatic nitrogens is 4. The van der Waals surface area contributed by atoms with Gasteiger partial charge in [-0.25, -0.2) is 14.4 Å². The molecule has 0 bridgehead atoms. The molecule has 1 atom stereocenters. The smallest absolute Gasteiger partial charge is 0.221 e. The van der Waals surface area contributed by atoms with Gasteiger partial charge in [0.05, 0.1) is 17.6 Å². The number of benzene rings is 2. The lowest BCUT2D eigenvalue weighted by Gasteiger charge is -2.13. The number of carbonyl (C=O) groups excluding carboxylic acids is 1. The van der Waals surface area contributed by atoms with Gasteiger partial charge >= 0.3 is 0 Å². The Bertz CT molecular complexity index is 1380. The molecule has 3 heterocycles. The maximum Gasteiger partial charge on any atom is 0.221 e. The zero-order valence-electron chi connectivity index (χ0n) is 17.4. The van der Waals surface area contributed by atoms with Crippen LogP contribution in [0.15, 0.2) is 36.7 Å². The fraction of sp³-hybridized carbons (Fsp3) is 0.333. The molecule has 8 heteroatoms. The number of ether oxygens (including phenoxy) is 1. The predicted octanol–water partition coefficient (Wildman–Crippen LogP) is 3.62. The summed E-state index contributed by atoms with van der Waals surface area (Å²) >= 11 is 0. The zero-order valence-corrected chi connectivity index (χ0v) is 17.4. The van der Waals surface area contributed by atoms with Gasteiger partial charge in [0.1, 0.15) is 22.6 Å². The number of imidazole rings is 1. The van der Waals surface area contributed by atoms with Crippen LogP contribution in [0.2, 0.25) is 0 Å². The van der Waals surface area contributed by atoms with Crippen LogP contribution in [0.5, 0.6) is 5.75 Å². The van der Waals surface area contributed by atoms with E-state index in [1.807, 2.05) is 18.2 Å². The highest BCUT2D eigenvalue weighted by atomic mass is 19.1. The normalized spacial score (nSPS) is 16.7. The van der Waals surface area contributed by atoms with Crippen molar-refractivity contribution in [2.24, 2.45) is 17.6 Å². The van der Waals surface area contributed by atoms with Crippen LogP contribution < -0.4 is 10.5 Å². The first-order valence-electron chi connectivity index (χ1n) is 10.9. The first-order valence-corrected chi connectivity index (χ1v) is 10.9. The molecule has 2 aromatic heterocycles. The van der Waals surface area contributed by atoms with Crippen LogP contribution in [-0.2, 0) is 17.8 Å². The number of primary amides is 1. The largest absolute Gasteiger partial charge is 0.491 e. The summed E-state index contributed by atoms with van der Waals surface area (Å²) in [6.45, 7) is 1.30. The van der Waals surface area contributed by atoms with Gasteiger partial charge in [-0.2, -0.15) is 0 Å². The van der Waals surface area contributed by atoms with Crippen molar-refractivity contribution >= 4 is 28.0 Å². The molecule has 1 fully saturated rings. The van der Waals surface area contributed by atoms with Crippen LogP contribution in [0, 0.1) is 17.7 Å². The van der Waals surface area contributed by atoms with Crippen LogP contribution in [0.25, 0.3) is 33.5 Å².